The summed E-state index contributed by atoms with van der Waals surface area (Å²) < 4.78 is 8.16. The summed E-state index contributed by atoms with van der Waals surface area (Å²) >= 11 is 0. The van der Waals surface area contributed by atoms with Crippen LogP contribution in [0.25, 0.3) is 0 Å². The molecule has 0 spiro atoms. The Labute approximate surface area is 249 Å². The van der Waals surface area contributed by atoms with E-state index in [1.165, 1.54) is 11.1 Å². The topological polar surface area (TPSA) is 61.9 Å². The first-order valence-corrected chi connectivity index (χ1v) is 15.1. The normalized spacial score (nSPS) is 14.1. The van der Waals surface area contributed by atoms with E-state index in [0.29, 0.717) is 31.9 Å². The van der Waals surface area contributed by atoms with Gasteiger partial charge in [0.15, 0.2) is 5.76 Å². The molecule has 0 radical (unpaired) electrons. The maximum absolute atomic E-state index is 13.4. The molecule has 7 heteroatoms. The Kier molecular flexibility index (Phi) is 9.59. The maximum atomic E-state index is 13.4. The summed E-state index contributed by atoms with van der Waals surface area (Å²) in [7, 11) is 0. The van der Waals surface area contributed by atoms with Gasteiger partial charge in [-0.1, -0.05) is 81.4 Å². The summed E-state index contributed by atoms with van der Waals surface area (Å²) in [6.45, 7) is 10.6. The summed E-state index contributed by atoms with van der Waals surface area (Å²) in [6.07, 6.45) is 2.91. The third-order valence-electron chi connectivity index (χ3n) is 7.97. The van der Waals surface area contributed by atoms with Gasteiger partial charge >= 0.3 is 0 Å². The van der Waals surface area contributed by atoms with Gasteiger partial charge in [0.1, 0.15) is 5.76 Å². The highest BCUT2D eigenvalue weighted by atomic mass is 16.4. The Hall–Kier alpha value is -4.10. The molecule has 0 bridgehead atoms. The molecular formula is C35H42N4O3. The predicted molar refractivity (Wildman–Crippen MR) is 165 cm³/mol. The van der Waals surface area contributed by atoms with Crippen molar-refractivity contribution in [2.24, 2.45) is 5.92 Å². The first kappa shape index (κ1) is 29.4. The lowest BCUT2D eigenvalue weighted by Gasteiger charge is -2.39. The van der Waals surface area contributed by atoms with Crippen molar-refractivity contribution in [2.45, 2.75) is 46.3 Å². The van der Waals surface area contributed by atoms with Gasteiger partial charge in [-0.25, -0.2) is 0 Å². The number of carbonyl (C=O) groups is 2. The minimum atomic E-state index is -0.0683. The van der Waals surface area contributed by atoms with Gasteiger partial charge in [-0.2, -0.15) is 0 Å². The van der Waals surface area contributed by atoms with Crippen molar-refractivity contribution in [1.29, 1.82) is 0 Å². The lowest BCUT2D eigenvalue weighted by molar-refractivity contribution is -0.135. The average Bonchev–Trinajstić information content (AvgIpc) is 3.67. The molecule has 2 aromatic carbocycles. The number of hydrogen-bond acceptors (Lipinski definition) is 4. The Balaban J connectivity index is 1.22. The van der Waals surface area contributed by atoms with Gasteiger partial charge in [0.25, 0.3) is 5.91 Å². The van der Waals surface area contributed by atoms with Crippen molar-refractivity contribution in [2.75, 3.05) is 32.7 Å². The van der Waals surface area contributed by atoms with Crippen LogP contribution in [-0.4, -0.2) is 63.8 Å². The van der Waals surface area contributed by atoms with Crippen LogP contribution < -0.4 is 0 Å². The van der Waals surface area contributed by atoms with Gasteiger partial charge in [-0.05, 0) is 41.8 Å². The summed E-state index contributed by atoms with van der Waals surface area (Å²) in [4.78, 5) is 32.4. The van der Waals surface area contributed by atoms with Crippen LogP contribution in [0.2, 0.25) is 0 Å². The molecule has 42 heavy (non-hydrogen) atoms. The van der Waals surface area contributed by atoms with Gasteiger partial charge in [0, 0.05) is 50.5 Å². The molecule has 0 unspecified atom stereocenters. The van der Waals surface area contributed by atoms with Crippen LogP contribution in [0.1, 0.15) is 66.4 Å². The van der Waals surface area contributed by atoms with Crippen LogP contribution in [0, 0.1) is 5.92 Å². The monoisotopic (exact) mass is 566 g/mol. The molecule has 0 aliphatic carbocycles. The summed E-state index contributed by atoms with van der Waals surface area (Å²) in [6, 6.07) is 29.0. The largest absolute Gasteiger partial charge is 0.454 e. The van der Waals surface area contributed by atoms with E-state index in [1.807, 2.05) is 60.2 Å². The predicted octanol–water partition coefficient (Wildman–Crippen LogP) is 6.07. The van der Waals surface area contributed by atoms with E-state index in [2.05, 4.69) is 64.9 Å². The number of amides is 2. The molecule has 0 N–H and O–H groups in total. The zero-order chi connectivity index (χ0) is 29.5. The Morgan fingerprint density at radius 3 is 2.07 bits per heavy atom. The summed E-state index contributed by atoms with van der Waals surface area (Å²) in [5.41, 5.74) is 3.56. The van der Waals surface area contributed by atoms with E-state index in [9.17, 15) is 9.59 Å². The van der Waals surface area contributed by atoms with E-state index >= 15 is 0 Å². The quantitative estimate of drug-likeness (QED) is 0.221. The van der Waals surface area contributed by atoms with Crippen LogP contribution in [-0.2, 0) is 17.9 Å². The van der Waals surface area contributed by atoms with Gasteiger partial charge in [-0.15, -0.1) is 0 Å². The number of furan rings is 1. The Morgan fingerprint density at radius 2 is 1.48 bits per heavy atom. The molecule has 7 nitrogen and oxygen atoms in total. The van der Waals surface area contributed by atoms with Crippen LogP contribution in [0.15, 0.2) is 95.5 Å². The Bertz CT molecular complexity index is 1400. The minimum Gasteiger partial charge on any atom is -0.454 e. The highest BCUT2D eigenvalue weighted by Gasteiger charge is 2.29. The van der Waals surface area contributed by atoms with Gasteiger partial charge < -0.3 is 18.8 Å². The molecule has 1 fully saturated rings. The SMILES string of the molecule is CCCN(Cc1cccn1Cc1ccc(C(=O)N2CCN(C(c3ccccc3)c3ccccc3)CC2)o1)C(=O)C(C)C. The molecule has 0 saturated carbocycles. The first-order chi connectivity index (χ1) is 20.4. The Morgan fingerprint density at radius 1 is 0.833 bits per heavy atom. The second-order valence-corrected chi connectivity index (χ2v) is 11.4. The fourth-order valence-corrected chi connectivity index (χ4v) is 5.81. The fourth-order valence-electron chi connectivity index (χ4n) is 5.81. The summed E-state index contributed by atoms with van der Waals surface area (Å²) in [5.74, 6) is 1.15. The average molecular weight is 567 g/mol. The van der Waals surface area contributed by atoms with Gasteiger partial charge in [0.2, 0.25) is 5.91 Å². The van der Waals surface area contributed by atoms with Crippen LogP contribution >= 0.6 is 0 Å². The van der Waals surface area contributed by atoms with Gasteiger partial charge in [-0.3, -0.25) is 14.5 Å². The molecule has 4 aromatic rings. The number of carbonyl (C=O) groups excluding carboxylic acids is 2. The molecule has 1 saturated heterocycles. The second kappa shape index (κ2) is 13.7. The number of nitrogens with zero attached hydrogens (tertiary/aromatic N) is 4. The number of rotatable bonds is 11. The minimum absolute atomic E-state index is 0.0389. The zero-order valence-electron chi connectivity index (χ0n) is 25.0. The second-order valence-electron chi connectivity index (χ2n) is 11.4. The molecule has 5 rings (SSSR count). The lowest BCUT2D eigenvalue weighted by atomic mass is 9.96. The third-order valence-corrected chi connectivity index (χ3v) is 7.97. The van der Waals surface area contributed by atoms with Crippen LogP contribution in [0.3, 0.4) is 0 Å². The highest BCUT2D eigenvalue weighted by Crippen LogP contribution is 2.29. The van der Waals surface area contributed by atoms with Crippen molar-refractivity contribution in [3.63, 3.8) is 0 Å². The van der Waals surface area contributed by atoms with E-state index in [1.54, 1.807) is 6.07 Å². The van der Waals surface area contributed by atoms with Crippen molar-refractivity contribution >= 4 is 11.8 Å². The molecule has 220 valence electrons. The van der Waals surface area contributed by atoms with Gasteiger partial charge in [0.05, 0.1) is 19.1 Å². The van der Waals surface area contributed by atoms with Crippen LogP contribution in [0.5, 0.6) is 0 Å². The van der Waals surface area contributed by atoms with E-state index in [-0.39, 0.29) is 23.8 Å². The third kappa shape index (κ3) is 6.85. The smallest absolute Gasteiger partial charge is 0.289 e. The van der Waals surface area contributed by atoms with E-state index < -0.39 is 0 Å². The molecule has 3 heterocycles. The summed E-state index contributed by atoms with van der Waals surface area (Å²) in [5, 5.41) is 0. The molecule has 1 aliphatic rings. The van der Waals surface area contributed by atoms with Crippen molar-refractivity contribution in [1.82, 2.24) is 19.3 Å². The number of piperazine rings is 1. The number of aromatic nitrogens is 1. The maximum Gasteiger partial charge on any atom is 0.289 e. The first-order valence-electron chi connectivity index (χ1n) is 15.1. The lowest BCUT2D eigenvalue weighted by Crippen LogP contribution is -2.49. The van der Waals surface area contributed by atoms with Crippen molar-refractivity contribution in [3.8, 4) is 0 Å². The zero-order valence-corrected chi connectivity index (χ0v) is 25.0. The van der Waals surface area contributed by atoms with Crippen LogP contribution in [0.4, 0.5) is 0 Å². The standard InChI is InChI=1S/C35H42N4O3/c1-4-19-39(34(40)27(2)3)25-30-16-11-20-38(30)26-31-17-18-32(42-31)35(41)37-23-21-36(22-24-37)33(28-12-7-5-8-13-28)29-14-9-6-10-15-29/h5-18,20,27,33H,4,19,21-26H2,1-3H3. The molecule has 0 atom stereocenters. The van der Waals surface area contributed by atoms with Crippen molar-refractivity contribution in [3.05, 3.63) is 119 Å². The highest BCUT2D eigenvalue weighted by molar-refractivity contribution is 5.91. The van der Waals surface area contributed by atoms with E-state index in [4.69, 9.17) is 4.42 Å². The van der Waals surface area contributed by atoms with Crippen molar-refractivity contribution < 1.29 is 14.0 Å². The molecule has 2 amide bonds. The number of benzene rings is 2. The molecule has 2 aromatic heterocycles. The number of hydrogen-bond donors (Lipinski definition) is 0. The molecule has 1 aliphatic heterocycles. The van der Waals surface area contributed by atoms with E-state index in [0.717, 1.165) is 37.5 Å². The molecular weight excluding hydrogens is 524 g/mol. The fraction of sp³-hybridized carbons (Fsp3) is 0.371.